The molecule has 2 aromatic rings. The van der Waals surface area contributed by atoms with E-state index in [0.717, 1.165) is 5.56 Å². The molecule has 0 aliphatic rings. The Labute approximate surface area is 118 Å². The lowest BCUT2D eigenvalue weighted by Crippen LogP contribution is -2.34. The van der Waals surface area contributed by atoms with Gasteiger partial charge in [-0.15, -0.1) is 0 Å². The summed E-state index contributed by atoms with van der Waals surface area (Å²) in [5.41, 5.74) is 0.963. The van der Waals surface area contributed by atoms with Crippen LogP contribution in [-0.4, -0.2) is 17.6 Å². The molecule has 104 valence electrons. The molecule has 0 spiro atoms. The van der Waals surface area contributed by atoms with E-state index in [9.17, 15) is 4.79 Å². The summed E-state index contributed by atoms with van der Waals surface area (Å²) >= 11 is 0. The van der Waals surface area contributed by atoms with Gasteiger partial charge in [-0.1, -0.05) is 18.2 Å². The van der Waals surface area contributed by atoms with Crippen LogP contribution in [0, 0.1) is 0 Å². The molecule has 0 unspecified atom stereocenters. The van der Waals surface area contributed by atoms with Crippen LogP contribution in [0.4, 0.5) is 4.79 Å². The third-order valence-electron chi connectivity index (χ3n) is 2.55. The van der Waals surface area contributed by atoms with E-state index in [-0.39, 0.29) is 6.03 Å². The van der Waals surface area contributed by atoms with E-state index in [0.29, 0.717) is 24.7 Å². The molecule has 2 N–H and O–H groups in total. The van der Waals surface area contributed by atoms with Crippen LogP contribution in [0.25, 0.3) is 0 Å². The third kappa shape index (κ3) is 4.28. The molecule has 1 aromatic heterocycles. The van der Waals surface area contributed by atoms with Crippen molar-refractivity contribution in [3.05, 3.63) is 54.2 Å². The maximum Gasteiger partial charge on any atom is 0.315 e. The second-order valence-corrected chi connectivity index (χ2v) is 4.13. The zero-order valence-corrected chi connectivity index (χ0v) is 11.3. The minimum absolute atomic E-state index is 0.177. The Balaban J connectivity index is 1.96. The molecule has 0 saturated carbocycles. The van der Waals surface area contributed by atoms with Gasteiger partial charge < -0.3 is 15.4 Å². The van der Waals surface area contributed by atoms with Gasteiger partial charge in [0.1, 0.15) is 5.75 Å². The maximum atomic E-state index is 11.3. The summed E-state index contributed by atoms with van der Waals surface area (Å²) in [6.45, 7) is 2.93. The molecule has 0 aliphatic heterocycles. The van der Waals surface area contributed by atoms with Crippen molar-refractivity contribution < 1.29 is 9.53 Å². The molecule has 0 bridgehead atoms. The van der Waals surface area contributed by atoms with E-state index in [1.54, 1.807) is 12.3 Å². The lowest BCUT2D eigenvalue weighted by Gasteiger charge is -2.08. The monoisotopic (exact) mass is 271 g/mol. The predicted molar refractivity (Wildman–Crippen MR) is 76.7 cm³/mol. The molecule has 5 heteroatoms. The minimum atomic E-state index is -0.177. The van der Waals surface area contributed by atoms with Crippen molar-refractivity contribution in [1.29, 1.82) is 0 Å². The Hall–Kier alpha value is -2.56. The van der Waals surface area contributed by atoms with E-state index in [1.807, 2.05) is 43.3 Å². The smallest absolute Gasteiger partial charge is 0.315 e. The standard InChI is InChI=1S/C15H17N3O2/c1-2-16-15(19)18-11-12-6-5-7-13(10-12)20-14-8-3-4-9-17-14/h3-10H,2,11H2,1H3,(H2,16,18,19). The van der Waals surface area contributed by atoms with Crippen LogP contribution in [0.5, 0.6) is 11.6 Å². The fraction of sp³-hybridized carbons (Fsp3) is 0.200. The number of nitrogens with zero attached hydrogens (tertiary/aromatic N) is 1. The number of pyridine rings is 1. The molecule has 0 atom stereocenters. The number of rotatable bonds is 5. The van der Waals surface area contributed by atoms with E-state index in [2.05, 4.69) is 15.6 Å². The molecular formula is C15H17N3O2. The average Bonchev–Trinajstić information content (AvgIpc) is 2.47. The van der Waals surface area contributed by atoms with Crippen LogP contribution in [0.3, 0.4) is 0 Å². The summed E-state index contributed by atoms with van der Waals surface area (Å²) in [6, 6.07) is 12.8. The van der Waals surface area contributed by atoms with Crippen molar-refractivity contribution in [2.24, 2.45) is 0 Å². The molecule has 2 amide bonds. The number of hydrogen-bond acceptors (Lipinski definition) is 3. The van der Waals surface area contributed by atoms with Gasteiger partial charge in [0.25, 0.3) is 0 Å². The molecule has 0 aliphatic carbocycles. The van der Waals surface area contributed by atoms with Crippen LogP contribution >= 0.6 is 0 Å². The van der Waals surface area contributed by atoms with Gasteiger partial charge >= 0.3 is 6.03 Å². The SMILES string of the molecule is CCNC(=O)NCc1cccc(Oc2ccccn2)c1. The number of carbonyl (C=O) groups excluding carboxylic acids is 1. The highest BCUT2D eigenvalue weighted by Gasteiger charge is 2.01. The van der Waals surface area contributed by atoms with Gasteiger partial charge in [-0.2, -0.15) is 0 Å². The summed E-state index contributed by atoms with van der Waals surface area (Å²) in [5, 5.41) is 5.45. The first-order valence-electron chi connectivity index (χ1n) is 6.47. The minimum Gasteiger partial charge on any atom is -0.439 e. The molecule has 0 saturated heterocycles. The van der Waals surface area contributed by atoms with E-state index in [1.165, 1.54) is 0 Å². The van der Waals surface area contributed by atoms with Gasteiger partial charge in [0.15, 0.2) is 0 Å². The largest absolute Gasteiger partial charge is 0.439 e. The van der Waals surface area contributed by atoms with Crippen molar-refractivity contribution in [2.45, 2.75) is 13.5 Å². The zero-order valence-electron chi connectivity index (χ0n) is 11.3. The molecule has 20 heavy (non-hydrogen) atoms. The normalized spacial score (nSPS) is 9.85. The molecule has 1 aromatic carbocycles. The zero-order chi connectivity index (χ0) is 14.2. The summed E-state index contributed by atoms with van der Waals surface area (Å²) in [5.74, 6) is 1.24. The van der Waals surface area contributed by atoms with Crippen molar-refractivity contribution in [1.82, 2.24) is 15.6 Å². The maximum absolute atomic E-state index is 11.3. The number of carbonyl (C=O) groups is 1. The van der Waals surface area contributed by atoms with Crippen LogP contribution in [0.1, 0.15) is 12.5 Å². The van der Waals surface area contributed by atoms with Crippen LogP contribution in [0.2, 0.25) is 0 Å². The molecule has 2 rings (SSSR count). The molecule has 1 heterocycles. The van der Waals surface area contributed by atoms with E-state index in [4.69, 9.17) is 4.74 Å². The van der Waals surface area contributed by atoms with Crippen LogP contribution in [-0.2, 0) is 6.54 Å². The highest BCUT2D eigenvalue weighted by Crippen LogP contribution is 2.19. The summed E-state index contributed by atoms with van der Waals surface area (Å²) in [4.78, 5) is 15.4. The van der Waals surface area contributed by atoms with E-state index < -0.39 is 0 Å². The van der Waals surface area contributed by atoms with Crippen molar-refractivity contribution >= 4 is 6.03 Å². The first kappa shape index (κ1) is 13.9. The molecule has 0 radical (unpaired) electrons. The Bertz CT molecular complexity index is 558. The van der Waals surface area contributed by atoms with Crippen molar-refractivity contribution in [3.63, 3.8) is 0 Å². The first-order valence-corrected chi connectivity index (χ1v) is 6.47. The van der Waals surface area contributed by atoms with Gasteiger partial charge in [-0.05, 0) is 30.7 Å². The lowest BCUT2D eigenvalue weighted by molar-refractivity contribution is 0.241. The fourth-order valence-corrected chi connectivity index (χ4v) is 1.65. The summed E-state index contributed by atoms with van der Waals surface area (Å²) in [7, 11) is 0. The van der Waals surface area contributed by atoms with Gasteiger partial charge in [0.2, 0.25) is 5.88 Å². The van der Waals surface area contributed by atoms with Crippen molar-refractivity contribution in [3.8, 4) is 11.6 Å². The van der Waals surface area contributed by atoms with E-state index >= 15 is 0 Å². The van der Waals surface area contributed by atoms with Gasteiger partial charge in [-0.25, -0.2) is 9.78 Å². The second kappa shape index (κ2) is 7.13. The van der Waals surface area contributed by atoms with Gasteiger partial charge in [-0.3, -0.25) is 0 Å². The topological polar surface area (TPSA) is 63.2 Å². The Kier molecular flexibility index (Phi) is 4.94. The predicted octanol–water partition coefficient (Wildman–Crippen LogP) is 2.69. The Morgan fingerprint density at radius 2 is 2.10 bits per heavy atom. The van der Waals surface area contributed by atoms with Crippen molar-refractivity contribution in [2.75, 3.05) is 6.54 Å². The number of ether oxygens (including phenoxy) is 1. The first-order chi connectivity index (χ1) is 9.78. The number of amides is 2. The molecule has 0 fully saturated rings. The average molecular weight is 271 g/mol. The highest BCUT2D eigenvalue weighted by atomic mass is 16.5. The quantitative estimate of drug-likeness (QED) is 0.878. The number of hydrogen-bond donors (Lipinski definition) is 2. The fourth-order valence-electron chi connectivity index (χ4n) is 1.65. The molecule has 5 nitrogen and oxygen atoms in total. The Morgan fingerprint density at radius 1 is 1.20 bits per heavy atom. The van der Waals surface area contributed by atoms with Crippen LogP contribution in [0.15, 0.2) is 48.7 Å². The number of urea groups is 1. The molecular weight excluding hydrogens is 254 g/mol. The Morgan fingerprint density at radius 3 is 2.85 bits per heavy atom. The van der Waals surface area contributed by atoms with Crippen LogP contribution < -0.4 is 15.4 Å². The second-order valence-electron chi connectivity index (χ2n) is 4.13. The van der Waals surface area contributed by atoms with Gasteiger partial charge in [0.05, 0.1) is 0 Å². The number of nitrogens with one attached hydrogen (secondary N) is 2. The number of benzene rings is 1. The summed E-state index contributed by atoms with van der Waals surface area (Å²) in [6.07, 6.45) is 1.68. The highest BCUT2D eigenvalue weighted by molar-refractivity contribution is 5.73. The third-order valence-corrected chi connectivity index (χ3v) is 2.55. The number of aromatic nitrogens is 1. The van der Waals surface area contributed by atoms with Gasteiger partial charge in [0, 0.05) is 25.4 Å². The lowest BCUT2D eigenvalue weighted by atomic mass is 10.2. The summed E-state index contributed by atoms with van der Waals surface area (Å²) < 4.78 is 5.63.